The molecular formula is C13H18N2O4S. The van der Waals surface area contributed by atoms with E-state index in [1.165, 1.54) is 31.2 Å². The molecule has 0 aromatic heterocycles. The molecule has 20 heavy (non-hydrogen) atoms. The first kappa shape index (κ1) is 16.3. The molecule has 0 radical (unpaired) electrons. The van der Waals surface area contributed by atoms with E-state index in [0.717, 1.165) is 6.42 Å². The Morgan fingerprint density at radius 2 is 1.95 bits per heavy atom. The number of Topliss-reactive ketones (excluding diaryl/α,β-unsaturated/α-hetero) is 1. The van der Waals surface area contributed by atoms with Crippen LogP contribution in [0.15, 0.2) is 29.2 Å². The standard InChI is InChI=1S/C13H18N2O4S/c1-3-7-14-13(17)9-15-20(18,19)12-6-4-5-11(8-12)10(2)16/h4-6,8,15H,3,7,9H2,1-2H3,(H,14,17). The maximum Gasteiger partial charge on any atom is 0.241 e. The van der Waals surface area contributed by atoms with E-state index >= 15 is 0 Å². The number of benzene rings is 1. The predicted octanol–water partition coefficient (Wildman–Crippen LogP) is 0.694. The van der Waals surface area contributed by atoms with Crippen LogP contribution in [0.25, 0.3) is 0 Å². The molecule has 1 amide bonds. The van der Waals surface area contributed by atoms with Gasteiger partial charge in [0.15, 0.2) is 5.78 Å². The van der Waals surface area contributed by atoms with Gasteiger partial charge in [0, 0.05) is 12.1 Å². The van der Waals surface area contributed by atoms with E-state index < -0.39 is 15.9 Å². The van der Waals surface area contributed by atoms with Crippen molar-refractivity contribution in [2.75, 3.05) is 13.1 Å². The second-order valence-corrected chi connectivity index (χ2v) is 6.03. The molecule has 0 heterocycles. The fraction of sp³-hybridized carbons (Fsp3) is 0.385. The Kier molecular flexibility index (Phi) is 5.84. The second kappa shape index (κ2) is 7.16. The number of sulfonamides is 1. The van der Waals surface area contributed by atoms with E-state index in [-0.39, 0.29) is 17.2 Å². The average molecular weight is 298 g/mol. The van der Waals surface area contributed by atoms with Crippen molar-refractivity contribution in [2.24, 2.45) is 0 Å². The minimum absolute atomic E-state index is 0.0338. The summed E-state index contributed by atoms with van der Waals surface area (Å²) in [7, 11) is -3.80. The van der Waals surface area contributed by atoms with Gasteiger partial charge in [-0.05, 0) is 25.5 Å². The van der Waals surface area contributed by atoms with Crippen molar-refractivity contribution in [2.45, 2.75) is 25.2 Å². The zero-order chi connectivity index (χ0) is 15.2. The van der Waals surface area contributed by atoms with Crippen LogP contribution in [0, 0.1) is 0 Å². The fourth-order valence-corrected chi connectivity index (χ4v) is 2.48. The number of ketones is 1. The maximum atomic E-state index is 12.0. The van der Waals surface area contributed by atoms with Crippen LogP contribution in [-0.2, 0) is 14.8 Å². The Morgan fingerprint density at radius 3 is 2.55 bits per heavy atom. The molecule has 0 aliphatic heterocycles. The first-order chi connectivity index (χ1) is 9.36. The zero-order valence-corrected chi connectivity index (χ0v) is 12.3. The van der Waals surface area contributed by atoms with E-state index in [9.17, 15) is 18.0 Å². The Bertz CT molecular complexity index is 596. The number of carbonyl (C=O) groups is 2. The van der Waals surface area contributed by atoms with E-state index in [1.54, 1.807) is 0 Å². The average Bonchev–Trinajstić information content (AvgIpc) is 2.43. The van der Waals surface area contributed by atoms with Crippen molar-refractivity contribution in [3.05, 3.63) is 29.8 Å². The molecule has 1 aromatic carbocycles. The van der Waals surface area contributed by atoms with Gasteiger partial charge in [-0.1, -0.05) is 19.1 Å². The summed E-state index contributed by atoms with van der Waals surface area (Å²) in [6.45, 7) is 3.43. The fourth-order valence-electron chi connectivity index (χ4n) is 1.45. The summed E-state index contributed by atoms with van der Waals surface area (Å²) in [5.41, 5.74) is 0.309. The Balaban J connectivity index is 2.76. The van der Waals surface area contributed by atoms with Crippen molar-refractivity contribution in [1.82, 2.24) is 10.0 Å². The van der Waals surface area contributed by atoms with Crippen LogP contribution in [0.1, 0.15) is 30.6 Å². The summed E-state index contributed by atoms with van der Waals surface area (Å²) in [5.74, 6) is -0.610. The number of rotatable bonds is 7. The van der Waals surface area contributed by atoms with Gasteiger partial charge < -0.3 is 5.32 Å². The second-order valence-electron chi connectivity index (χ2n) is 4.26. The topological polar surface area (TPSA) is 92.3 Å². The number of hydrogen-bond acceptors (Lipinski definition) is 4. The molecule has 6 nitrogen and oxygen atoms in total. The highest BCUT2D eigenvalue weighted by molar-refractivity contribution is 7.89. The quantitative estimate of drug-likeness (QED) is 0.725. The predicted molar refractivity (Wildman–Crippen MR) is 74.9 cm³/mol. The molecule has 0 spiro atoms. The molecule has 0 unspecified atom stereocenters. The van der Waals surface area contributed by atoms with Gasteiger partial charge in [0.1, 0.15) is 0 Å². The van der Waals surface area contributed by atoms with E-state index in [4.69, 9.17) is 0 Å². The van der Waals surface area contributed by atoms with Crippen molar-refractivity contribution < 1.29 is 18.0 Å². The molecular weight excluding hydrogens is 280 g/mol. The Labute approximate surface area is 118 Å². The molecule has 0 fully saturated rings. The number of amides is 1. The SMILES string of the molecule is CCCNC(=O)CNS(=O)(=O)c1cccc(C(C)=O)c1. The molecule has 0 atom stereocenters. The molecule has 0 saturated carbocycles. The minimum Gasteiger partial charge on any atom is -0.355 e. The number of hydrogen-bond donors (Lipinski definition) is 2. The molecule has 110 valence electrons. The summed E-state index contributed by atoms with van der Waals surface area (Å²) in [4.78, 5) is 22.6. The first-order valence-electron chi connectivity index (χ1n) is 6.24. The van der Waals surface area contributed by atoms with Gasteiger partial charge in [0.25, 0.3) is 0 Å². The first-order valence-corrected chi connectivity index (χ1v) is 7.72. The lowest BCUT2D eigenvalue weighted by molar-refractivity contribution is -0.119. The van der Waals surface area contributed by atoms with Gasteiger partial charge in [0.2, 0.25) is 15.9 Å². The number of carbonyl (C=O) groups excluding carboxylic acids is 2. The Hall–Kier alpha value is -1.73. The van der Waals surface area contributed by atoms with Gasteiger partial charge in [-0.3, -0.25) is 9.59 Å². The Morgan fingerprint density at radius 1 is 1.25 bits per heavy atom. The van der Waals surface area contributed by atoms with Gasteiger partial charge in [-0.15, -0.1) is 0 Å². The van der Waals surface area contributed by atoms with Crippen LogP contribution >= 0.6 is 0 Å². The molecule has 0 saturated heterocycles. The van der Waals surface area contributed by atoms with Crippen molar-refractivity contribution >= 4 is 21.7 Å². The van der Waals surface area contributed by atoms with Crippen molar-refractivity contribution in [3.63, 3.8) is 0 Å². The molecule has 1 rings (SSSR count). The minimum atomic E-state index is -3.80. The molecule has 7 heteroatoms. The normalized spacial score (nSPS) is 11.1. The van der Waals surface area contributed by atoms with Crippen LogP contribution < -0.4 is 10.0 Å². The van der Waals surface area contributed by atoms with Crippen LogP contribution in [0.2, 0.25) is 0 Å². The summed E-state index contributed by atoms with van der Waals surface area (Å²) >= 11 is 0. The lowest BCUT2D eigenvalue weighted by atomic mass is 10.2. The van der Waals surface area contributed by atoms with Gasteiger partial charge >= 0.3 is 0 Å². The maximum absolute atomic E-state index is 12.0. The number of nitrogens with one attached hydrogen (secondary N) is 2. The monoisotopic (exact) mass is 298 g/mol. The van der Waals surface area contributed by atoms with E-state index in [1.807, 2.05) is 6.92 Å². The van der Waals surface area contributed by atoms with Crippen LogP contribution in [0.5, 0.6) is 0 Å². The highest BCUT2D eigenvalue weighted by Gasteiger charge is 2.16. The van der Waals surface area contributed by atoms with Gasteiger partial charge in [-0.2, -0.15) is 0 Å². The van der Waals surface area contributed by atoms with Crippen LogP contribution in [-0.4, -0.2) is 33.2 Å². The van der Waals surface area contributed by atoms with Gasteiger partial charge in [0.05, 0.1) is 11.4 Å². The third kappa shape index (κ3) is 4.75. The van der Waals surface area contributed by atoms with Gasteiger partial charge in [-0.25, -0.2) is 13.1 Å². The highest BCUT2D eigenvalue weighted by atomic mass is 32.2. The lowest BCUT2D eigenvalue weighted by Gasteiger charge is -2.08. The summed E-state index contributed by atoms with van der Waals surface area (Å²) < 4.78 is 26.2. The summed E-state index contributed by atoms with van der Waals surface area (Å²) in [6.07, 6.45) is 0.777. The third-order valence-electron chi connectivity index (χ3n) is 2.55. The summed E-state index contributed by atoms with van der Waals surface area (Å²) in [6, 6.07) is 5.69. The largest absolute Gasteiger partial charge is 0.355 e. The zero-order valence-electron chi connectivity index (χ0n) is 11.5. The summed E-state index contributed by atoms with van der Waals surface area (Å²) in [5, 5.41) is 2.57. The van der Waals surface area contributed by atoms with Crippen LogP contribution in [0.3, 0.4) is 0 Å². The molecule has 1 aromatic rings. The molecule has 0 aliphatic carbocycles. The molecule has 0 bridgehead atoms. The van der Waals surface area contributed by atoms with E-state index in [2.05, 4.69) is 10.0 Å². The van der Waals surface area contributed by atoms with Crippen molar-refractivity contribution in [1.29, 1.82) is 0 Å². The molecule has 0 aliphatic rings. The third-order valence-corrected chi connectivity index (χ3v) is 3.94. The molecule has 2 N–H and O–H groups in total. The van der Waals surface area contributed by atoms with Crippen molar-refractivity contribution in [3.8, 4) is 0 Å². The highest BCUT2D eigenvalue weighted by Crippen LogP contribution is 2.11. The lowest BCUT2D eigenvalue weighted by Crippen LogP contribution is -2.37. The van der Waals surface area contributed by atoms with E-state index in [0.29, 0.717) is 12.1 Å². The van der Waals surface area contributed by atoms with Crippen LogP contribution in [0.4, 0.5) is 0 Å². The smallest absolute Gasteiger partial charge is 0.241 e.